The monoisotopic (exact) mass is 278 g/mol. The van der Waals surface area contributed by atoms with Crippen LogP contribution in [0.25, 0.3) is 0 Å². The number of carbonyl (C=O) groups is 1. The first-order valence-corrected chi connectivity index (χ1v) is 7.37. The average Bonchev–Trinajstić information content (AvgIpc) is 2.48. The summed E-state index contributed by atoms with van der Waals surface area (Å²) in [6, 6.07) is 10.0. The zero-order valence-electron chi connectivity index (χ0n) is 12.4. The van der Waals surface area contributed by atoms with E-state index in [9.17, 15) is 4.79 Å². The first-order chi connectivity index (χ1) is 9.77. The van der Waals surface area contributed by atoms with Crippen molar-refractivity contribution in [2.24, 2.45) is 5.73 Å². The number of hydrogen-bond donors (Lipinski definition) is 1. The van der Waals surface area contributed by atoms with E-state index in [-0.39, 0.29) is 5.91 Å². The summed E-state index contributed by atoms with van der Waals surface area (Å²) >= 11 is 0. The van der Waals surface area contributed by atoms with Gasteiger partial charge in [0.2, 0.25) is 5.91 Å². The van der Waals surface area contributed by atoms with E-state index in [0.717, 1.165) is 25.0 Å². The van der Waals surface area contributed by atoms with Crippen molar-refractivity contribution in [1.82, 2.24) is 4.90 Å². The van der Waals surface area contributed by atoms with Crippen molar-refractivity contribution in [3.63, 3.8) is 0 Å². The summed E-state index contributed by atoms with van der Waals surface area (Å²) in [7, 11) is 0. The Bertz CT molecular complexity index is 368. The van der Waals surface area contributed by atoms with Crippen LogP contribution in [0.5, 0.6) is 0 Å². The minimum atomic E-state index is 0.137. The van der Waals surface area contributed by atoms with Gasteiger partial charge in [0, 0.05) is 19.7 Å². The van der Waals surface area contributed by atoms with Crippen LogP contribution < -0.4 is 5.73 Å². The van der Waals surface area contributed by atoms with Crippen LogP contribution in [0, 0.1) is 0 Å². The van der Waals surface area contributed by atoms with Crippen molar-refractivity contribution in [3.8, 4) is 0 Å². The summed E-state index contributed by atoms with van der Waals surface area (Å²) in [5.74, 6) is 0.137. The minimum Gasteiger partial charge on any atom is -0.381 e. The second kappa shape index (κ2) is 10.4. The maximum atomic E-state index is 12.2. The third kappa shape index (κ3) is 6.68. The largest absolute Gasteiger partial charge is 0.381 e. The highest BCUT2D eigenvalue weighted by Crippen LogP contribution is 2.07. The first kappa shape index (κ1) is 16.7. The molecular formula is C16H26N2O2. The summed E-state index contributed by atoms with van der Waals surface area (Å²) in [5.41, 5.74) is 6.69. The van der Waals surface area contributed by atoms with Crippen molar-refractivity contribution in [3.05, 3.63) is 35.9 Å². The van der Waals surface area contributed by atoms with Crippen LogP contribution in [-0.4, -0.2) is 37.1 Å². The number of rotatable bonds is 10. The molecule has 1 rings (SSSR count). The van der Waals surface area contributed by atoms with Crippen molar-refractivity contribution < 1.29 is 9.53 Å². The zero-order chi connectivity index (χ0) is 14.6. The molecule has 20 heavy (non-hydrogen) atoms. The van der Waals surface area contributed by atoms with Crippen molar-refractivity contribution in [2.45, 2.75) is 32.7 Å². The topological polar surface area (TPSA) is 55.6 Å². The Kier molecular flexibility index (Phi) is 8.67. The van der Waals surface area contributed by atoms with Gasteiger partial charge in [-0.25, -0.2) is 0 Å². The smallest absolute Gasteiger partial charge is 0.225 e. The molecular weight excluding hydrogens is 252 g/mol. The molecule has 2 N–H and O–H groups in total. The van der Waals surface area contributed by atoms with Crippen LogP contribution in [0.15, 0.2) is 30.3 Å². The van der Waals surface area contributed by atoms with E-state index in [1.165, 1.54) is 0 Å². The summed E-state index contributed by atoms with van der Waals surface area (Å²) in [6.07, 6.45) is 2.25. The summed E-state index contributed by atoms with van der Waals surface area (Å²) in [4.78, 5) is 14.1. The summed E-state index contributed by atoms with van der Waals surface area (Å²) in [6.45, 7) is 5.23. The summed E-state index contributed by atoms with van der Waals surface area (Å²) in [5, 5.41) is 0. The Morgan fingerprint density at radius 3 is 2.65 bits per heavy atom. The van der Waals surface area contributed by atoms with Gasteiger partial charge < -0.3 is 15.4 Å². The fourth-order valence-corrected chi connectivity index (χ4v) is 1.94. The standard InChI is InChI=1S/C16H26N2O2/c1-2-12-20-13-9-16(19)18(11-6-10-17)14-15-7-4-3-5-8-15/h3-5,7-8H,2,6,9-14,17H2,1H3. The van der Waals surface area contributed by atoms with Crippen molar-refractivity contribution in [1.29, 1.82) is 0 Å². The highest BCUT2D eigenvalue weighted by molar-refractivity contribution is 5.76. The van der Waals surface area contributed by atoms with Gasteiger partial charge in [-0.3, -0.25) is 4.79 Å². The van der Waals surface area contributed by atoms with Crippen LogP contribution in [0.1, 0.15) is 31.7 Å². The molecule has 0 saturated carbocycles. The van der Waals surface area contributed by atoms with Crippen LogP contribution in [0.3, 0.4) is 0 Å². The number of nitrogens with zero attached hydrogens (tertiary/aromatic N) is 1. The number of ether oxygens (including phenoxy) is 1. The third-order valence-corrected chi connectivity index (χ3v) is 3.01. The maximum absolute atomic E-state index is 12.2. The predicted octanol–water partition coefficient (Wildman–Crippen LogP) is 2.18. The molecule has 0 heterocycles. The Morgan fingerprint density at radius 2 is 2.00 bits per heavy atom. The highest BCUT2D eigenvalue weighted by atomic mass is 16.5. The molecule has 0 atom stereocenters. The van der Waals surface area contributed by atoms with Crippen LogP contribution in [0.2, 0.25) is 0 Å². The number of benzene rings is 1. The normalized spacial score (nSPS) is 10.5. The first-order valence-electron chi connectivity index (χ1n) is 7.37. The van der Waals surface area contributed by atoms with E-state index in [1.807, 2.05) is 35.2 Å². The van der Waals surface area contributed by atoms with Crippen molar-refractivity contribution in [2.75, 3.05) is 26.3 Å². The zero-order valence-corrected chi connectivity index (χ0v) is 12.4. The van der Waals surface area contributed by atoms with Gasteiger partial charge in [-0.05, 0) is 24.9 Å². The Labute approximate surface area is 121 Å². The second-order valence-electron chi connectivity index (χ2n) is 4.81. The van der Waals surface area contributed by atoms with E-state index in [0.29, 0.717) is 32.7 Å². The van der Waals surface area contributed by atoms with Gasteiger partial charge in [0.15, 0.2) is 0 Å². The molecule has 0 spiro atoms. The van der Waals surface area contributed by atoms with E-state index in [2.05, 4.69) is 6.92 Å². The molecule has 4 heteroatoms. The second-order valence-corrected chi connectivity index (χ2v) is 4.81. The lowest BCUT2D eigenvalue weighted by Crippen LogP contribution is -2.33. The van der Waals surface area contributed by atoms with Gasteiger partial charge in [0.05, 0.1) is 13.0 Å². The van der Waals surface area contributed by atoms with E-state index in [4.69, 9.17) is 10.5 Å². The molecule has 0 aromatic heterocycles. The molecule has 0 aliphatic heterocycles. The Balaban J connectivity index is 2.47. The Hall–Kier alpha value is -1.39. The van der Waals surface area contributed by atoms with Crippen LogP contribution in [-0.2, 0) is 16.1 Å². The summed E-state index contributed by atoms with van der Waals surface area (Å²) < 4.78 is 5.39. The SMILES string of the molecule is CCCOCCC(=O)N(CCCN)Cc1ccccc1. The fourth-order valence-electron chi connectivity index (χ4n) is 1.94. The fraction of sp³-hybridized carbons (Fsp3) is 0.562. The van der Waals surface area contributed by atoms with Gasteiger partial charge in [-0.2, -0.15) is 0 Å². The molecule has 4 nitrogen and oxygen atoms in total. The molecule has 112 valence electrons. The molecule has 0 aliphatic rings. The molecule has 0 bridgehead atoms. The van der Waals surface area contributed by atoms with E-state index in [1.54, 1.807) is 0 Å². The molecule has 0 aliphatic carbocycles. The van der Waals surface area contributed by atoms with Crippen LogP contribution >= 0.6 is 0 Å². The van der Waals surface area contributed by atoms with Gasteiger partial charge in [0.1, 0.15) is 0 Å². The number of amides is 1. The van der Waals surface area contributed by atoms with Gasteiger partial charge >= 0.3 is 0 Å². The lowest BCUT2D eigenvalue weighted by atomic mass is 10.2. The number of carbonyl (C=O) groups excluding carboxylic acids is 1. The predicted molar refractivity (Wildman–Crippen MR) is 81.3 cm³/mol. The van der Waals surface area contributed by atoms with E-state index < -0.39 is 0 Å². The number of hydrogen-bond acceptors (Lipinski definition) is 3. The van der Waals surface area contributed by atoms with Gasteiger partial charge in [-0.1, -0.05) is 37.3 Å². The molecule has 0 radical (unpaired) electrons. The maximum Gasteiger partial charge on any atom is 0.225 e. The molecule has 0 saturated heterocycles. The van der Waals surface area contributed by atoms with Gasteiger partial charge in [-0.15, -0.1) is 0 Å². The average molecular weight is 278 g/mol. The lowest BCUT2D eigenvalue weighted by molar-refractivity contribution is -0.133. The Morgan fingerprint density at radius 1 is 1.25 bits per heavy atom. The van der Waals surface area contributed by atoms with E-state index >= 15 is 0 Å². The molecule has 0 fully saturated rings. The minimum absolute atomic E-state index is 0.137. The highest BCUT2D eigenvalue weighted by Gasteiger charge is 2.13. The molecule has 1 aromatic carbocycles. The number of nitrogens with two attached hydrogens (primary N) is 1. The lowest BCUT2D eigenvalue weighted by Gasteiger charge is -2.22. The third-order valence-electron chi connectivity index (χ3n) is 3.01. The van der Waals surface area contributed by atoms with Crippen molar-refractivity contribution >= 4 is 5.91 Å². The quantitative estimate of drug-likeness (QED) is 0.667. The van der Waals surface area contributed by atoms with Crippen LogP contribution in [0.4, 0.5) is 0 Å². The van der Waals surface area contributed by atoms with Gasteiger partial charge in [0.25, 0.3) is 0 Å². The molecule has 1 aromatic rings. The molecule has 0 unspecified atom stereocenters. The molecule has 1 amide bonds.